The van der Waals surface area contributed by atoms with Crippen molar-refractivity contribution in [3.63, 3.8) is 0 Å². The van der Waals surface area contributed by atoms with E-state index in [-0.39, 0.29) is 11.8 Å². The van der Waals surface area contributed by atoms with E-state index in [1.807, 2.05) is 12.1 Å². The topological polar surface area (TPSA) is 45.5 Å². The van der Waals surface area contributed by atoms with E-state index in [2.05, 4.69) is 72.6 Å². The van der Waals surface area contributed by atoms with Gasteiger partial charge in [-0.3, -0.25) is 9.69 Å². The summed E-state index contributed by atoms with van der Waals surface area (Å²) < 4.78 is 5.34. The Bertz CT molecular complexity index is 966. The molecular weight excluding hydrogens is 372 g/mol. The summed E-state index contributed by atoms with van der Waals surface area (Å²) in [7, 11) is 0. The van der Waals surface area contributed by atoms with Crippen LogP contribution in [0.1, 0.15) is 46.9 Å². The van der Waals surface area contributed by atoms with Crippen LogP contribution in [0, 0.1) is 19.8 Å². The first-order chi connectivity index (χ1) is 14.6. The minimum absolute atomic E-state index is 0.00790. The first-order valence-electron chi connectivity index (χ1n) is 10.8. The van der Waals surface area contributed by atoms with Gasteiger partial charge in [-0.25, -0.2) is 0 Å². The third kappa shape index (κ3) is 4.82. The van der Waals surface area contributed by atoms with Crippen molar-refractivity contribution in [1.29, 1.82) is 0 Å². The number of furan rings is 1. The molecular formula is C26H30N2O2. The summed E-state index contributed by atoms with van der Waals surface area (Å²) in [6, 6.07) is 21.4. The van der Waals surface area contributed by atoms with Gasteiger partial charge in [-0.05, 0) is 61.1 Å². The SMILES string of the molecule is Cc1ccc(CN2CC(C(=O)NCc3ccco3)CCC2c2ccccc2)cc1C. The first-order valence-corrected chi connectivity index (χ1v) is 10.8. The second kappa shape index (κ2) is 9.31. The summed E-state index contributed by atoms with van der Waals surface area (Å²) in [4.78, 5) is 15.3. The highest BCUT2D eigenvalue weighted by molar-refractivity contribution is 5.78. The maximum atomic E-state index is 12.9. The lowest BCUT2D eigenvalue weighted by Crippen LogP contribution is -2.44. The molecule has 30 heavy (non-hydrogen) atoms. The van der Waals surface area contributed by atoms with Crippen molar-refractivity contribution in [1.82, 2.24) is 10.2 Å². The van der Waals surface area contributed by atoms with Crippen molar-refractivity contribution in [3.05, 3.63) is 94.9 Å². The Morgan fingerprint density at radius 1 is 1.03 bits per heavy atom. The largest absolute Gasteiger partial charge is 0.467 e. The fraction of sp³-hybridized carbons (Fsp3) is 0.346. The number of piperidine rings is 1. The number of carbonyl (C=O) groups excluding carboxylic acids is 1. The molecule has 1 amide bonds. The maximum absolute atomic E-state index is 12.9. The van der Waals surface area contributed by atoms with E-state index in [0.29, 0.717) is 12.6 Å². The lowest BCUT2D eigenvalue weighted by atomic mass is 9.88. The van der Waals surface area contributed by atoms with Crippen LogP contribution in [0.15, 0.2) is 71.3 Å². The van der Waals surface area contributed by atoms with Crippen molar-refractivity contribution in [2.45, 2.75) is 45.8 Å². The van der Waals surface area contributed by atoms with Crippen LogP contribution in [0.5, 0.6) is 0 Å². The van der Waals surface area contributed by atoms with Crippen LogP contribution in [0.2, 0.25) is 0 Å². The van der Waals surface area contributed by atoms with E-state index in [1.54, 1.807) is 6.26 Å². The zero-order valence-corrected chi connectivity index (χ0v) is 17.8. The molecule has 3 aromatic rings. The number of hydrogen-bond donors (Lipinski definition) is 1. The van der Waals surface area contributed by atoms with E-state index >= 15 is 0 Å². The van der Waals surface area contributed by atoms with E-state index in [1.165, 1.54) is 22.3 Å². The molecule has 0 radical (unpaired) electrons. The molecule has 1 aromatic heterocycles. The van der Waals surface area contributed by atoms with E-state index in [9.17, 15) is 4.79 Å². The highest BCUT2D eigenvalue weighted by Crippen LogP contribution is 2.34. The number of carbonyl (C=O) groups is 1. The van der Waals surface area contributed by atoms with Gasteiger partial charge in [-0.15, -0.1) is 0 Å². The zero-order valence-electron chi connectivity index (χ0n) is 17.8. The van der Waals surface area contributed by atoms with Gasteiger partial charge in [0, 0.05) is 19.1 Å². The quantitative estimate of drug-likeness (QED) is 0.619. The molecule has 4 rings (SSSR count). The molecule has 4 nitrogen and oxygen atoms in total. The minimum atomic E-state index is -0.00790. The lowest BCUT2D eigenvalue weighted by molar-refractivity contribution is -0.127. The average molecular weight is 403 g/mol. The fourth-order valence-corrected chi connectivity index (χ4v) is 4.35. The van der Waals surface area contributed by atoms with E-state index in [4.69, 9.17) is 4.42 Å². The number of amides is 1. The van der Waals surface area contributed by atoms with Crippen LogP contribution in [0.4, 0.5) is 0 Å². The molecule has 0 spiro atoms. The molecule has 4 heteroatoms. The molecule has 1 saturated heterocycles. The Balaban J connectivity index is 1.49. The number of nitrogens with one attached hydrogen (secondary N) is 1. The van der Waals surface area contributed by atoms with Crippen LogP contribution in [-0.2, 0) is 17.9 Å². The van der Waals surface area contributed by atoms with E-state index < -0.39 is 0 Å². The minimum Gasteiger partial charge on any atom is -0.467 e. The molecule has 2 atom stereocenters. The van der Waals surface area contributed by atoms with Crippen molar-refractivity contribution < 1.29 is 9.21 Å². The van der Waals surface area contributed by atoms with Gasteiger partial charge in [0.1, 0.15) is 5.76 Å². The van der Waals surface area contributed by atoms with Crippen LogP contribution in [0.3, 0.4) is 0 Å². The second-order valence-corrected chi connectivity index (χ2v) is 8.35. The number of likely N-dealkylation sites (tertiary alicyclic amines) is 1. The van der Waals surface area contributed by atoms with Crippen LogP contribution in [-0.4, -0.2) is 17.4 Å². The van der Waals surface area contributed by atoms with Gasteiger partial charge in [-0.1, -0.05) is 48.5 Å². The van der Waals surface area contributed by atoms with Crippen molar-refractivity contribution in [2.75, 3.05) is 6.54 Å². The highest BCUT2D eigenvalue weighted by atomic mass is 16.3. The van der Waals surface area contributed by atoms with Crippen LogP contribution in [0.25, 0.3) is 0 Å². The second-order valence-electron chi connectivity index (χ2n) is 8.35. The van der Waals surface area contributed by atoms with Crippen LogP contribution < -0.4 is 5.32 Å². The number of benzene rings is 2. The number of nitrogens with zero attached hydrogens (tertiary/aromatic N) is 1. The molecule has 2 heterocycles. The third-order valence-corrected chi connectivity index (χ3v) is 6.21. The molecule has 156 valence electrons. The Morgan fingerprint density at radius 2 is 1.87 bits per heavy atom. The summed E-state index contributed by atoms with van der Waals surface area (Å²) in [5.41, 5.74) is 5.26. The van der Waals surface area contributed by atoms with Gasteiger partial charge < -0.3 is 9.73 Å². The fourth-order valence-electron chi connectivity index (χ4n) is 4.35. The smallest absolute Gasteiger partial charge is 0.224 e. The monoisotopic (exact) mass is 402 g/mol. The Labute approximate surface area is 178 Å². The van der Waals surface area contributed by atoms with Crippen LogP contribution >= 0.6 is 0 Å². The Morgan fingerprint density at radius 3 is 2.60 bits per heavy atom. The number of aryl methyl sites for hydroxylation is 2. The summed E-state index contributed by atoms with van der Waals surface area (Å²) in [6.07, 6.45) is 3.51. The molecule has 2 aromatic carbocycles. The third-order valence-electron chi connectivity index (χ3n) is 6.21. The van der Waals surface area contributed by atoms with Gasteiger partial charge in [0.15, 0.2) is 0 Å². The normalized spacial score (nSPS) is 19.5. The molecule has 0 saturated carbocycles. The summed E-state index contributed by atoms with van der Waals surface area (Å²) in [5, 5.41) is 3.05. The molecule has 1 aliphatic rings. The Kier molecular flexibility index (Phi) is 6.34. The highest BCUT2D eigenvalue weighted by Gasteiger charge is 2.32. The lowest BCUT2D eigenvalue weighted by Gasteiger charge is -2.39. The predicted molar refractivity (Wildman–Crippen MR) is 119 cm³/mol. The number of hydrogen-bond acceptors (Lipinski definition) is 3. The van der Waals surface area contributed by atoms with Crippen molar-refractivity contribution >= 4 is 5.91 Å². The summed E-state index contributed by atoms with van der Waals surface area (Å²) in [5.74, 6) is 0.891. The van der Waals surface area contributed by atoms with Gasteiger partial charge in [0.05, 0.1) is 18.7 Å². The van der Waals surface area contributed by atoms with Gasteiger partial charge in [0.25, 0.3) is 0 Å². The van der Waals surface area contributed by atoms with Gasteiger partial charge >= 0.3 is 0 Å². The molecule has 0 aliphatic carbocycles. The van der Waals surface area contributed by atoms with Crippen molar-refractivity contribution in [2.24, 2.45) is 5.92 Å². The predicted octanol–water partition coefficient (Wildman–Crippen LogP) is 5.17. The molecule has 0 bridgehead atoms. The van der Waals surface area contributed by atoms with Crippen molar-refractivity contribution in [3.8, 4) is 0 Å². The molecule has 1 N–H and O–H groups in total. The average Bonchev–Trinajstić information content (AvgIpc) is 3.29. The van der Waals surface area contributed by atoms with Gasteiger partial charge in [0.2, 0.25) is 5.91 Å². The van der Waals surface area contributed by atoms with E-state index in [0.717, 1.165) is 31.7 Å². The first kappa shape index (κ1) is 20.4. The zero-order chi connectivity index (χ0) is 20.9. The summed E-state index contributed by atoms with van der Waals surface area (Å²) in [6.45, 7) is 6.36. The van der Waals surface area contributed by atoms with Gasteiger partial charge in [-0.2, -0.15) is 0 Å². The standard InChI is InChI=1S/C26H30N2O2/c1-19-10-11-21(15-20(19)2)17-28-18-23(26(29)27-16-24-9-6-14-30-24)12-13-25(28)22-7-4-3-5-8-22/h3-11,14-15,23,25H,12-13,16-18H2,1-2H3,(H,27,29). The number of rotatable bonds is 6. The summed E-state index contributed by atoms with van der Waals surface area (Å²) >= 11 is 0. The molecule has 2 unspecified atom stereocenters. The maximum Gasteiger partial charge on any atom is 0.224 e. The molecule has 1 aliphatic heterocycles. The molecule has 1 fully saturated rings. The Hall–Kier alpha value is -2.85.